The summed E-state index contributed by atoms with van der Waals surface area (Å²) in [6, 6.07) is 3.18. The molecule has 0 saturated heterocycles. The Kier molecular flexibility index (Phi) is 8.38. The second-order valence-electron chi connectivity index (χ2n) is 10.2. The van der Waals surface area contributed by atoms with Gasteiger partial charge < -0.3 is 15.3 Å². The van der Waals surface area contributed by atoms with Crippen LogP contribution in [0.4, 0.5) is 11.9 Å². The maximum absolute atomic E-state index is 13.7. The van der Waals surface area contributed by atoms with E-state index in [1.54, 1.807) is 0 Å². The molecule has 0 aliphatic rings. The number of anilines is 2. The van der Waals surface area contributed by atoms with E-state index >= 15 is 0 Å². The molecule has 0 bridgehead atoms. The van der Waals surface area contributed by atoms with Gasteiger partial charge >= 0.3 is 0 Å². The molecule has 1 aromatic heterocycles. The van der Waals surface area contributed by atoms with Crippen molar-refractivity contribution >= 4 is 29.4 Å². The number of aromatic nitrogens is 3. The number of carbonyl (C=O) groups excluding carboxylic acids is 1. The number of phenolic OH excluding ortho intramolecular Hbond substituents is 1. The molecule has 0 aliphatic heterocycles. The minimum atomic E-state index is -0.494. The average molecular weight is 474 g/mol. The van der Waals surface area contributed by atoms with Gasteiger partial charge in [-0.15, -0.1) is 0 Å². The van der Waals surface area contributed by atoms with Crippen LogP contribution in [0.3, 0.4) is 0 Å². The third-order valence-electron chi connectivity index (χ3n) is 5.58. The van der Waals surface area contributed by atoms with E-state index in [-0.39, 0.29) is 22.4 Å². The molecule has 0 fully saturated rings. The summed E-state index contributed by atoms with van der Waals surface area (Å²) < 4.78 is 0. The van der Waals surface area contributed by atoms with E-state index < -0.39 is 6.04 Å². The number of carbonyl (C=O) groups is 1. The van der Waals surface area contributed by atoms with Gasteiger partial charge in [0.1, 0.15) is 5.75 Å². The molecule has 1 heterocycles. The third kappa shape index (κ3) is 6.16. The second kappa shape index (κ2) is 10.3. The lowest BCUT2D eigenvalue weighted by molar-refractivity contribution is 0.0963. The van der Waals surface area contributed by atoms with Crippen molar-refractivity contribution < 1.29 is 9.90 Å². The van der Waals surface area contributed by atoms with Gasteiger partial charge in [0.25, 0.3) is 0 Å². The molecule has 182 valence electrons. The Bertz CT molecular complexity index is 960. The minimum absolute atomic E-state index is 0.0380. The Hall–Kier alpha value is -2.35. The Labute approximate surface area is 202 Å². The van der Waals surface area contributed by atoms with Gasteiger partial charge in [0.05, 0.1) is 6.04 Å². The molecule has 0 aliphatic carbocycles. The minimum Gasteiger partial charge on any atom is -0.507 e. The van der Waals surface area contributed by atoms with Gasteiger partial charge in [0, 0.05) is 29.8 Å². The zero-order chi connectivity index (χ0) is 25.1. The number of thioether (sulfide) groups is 1. The molecule has 2 aromatic rings. The molecule has 0 spiro atoms. The van der Waals surface area contributed by atoms with E-state index in [0.29, 0.717) is 35.7 Å². The first-order chi connectivity index (χ1) is 15.2. The number of Topliss-reactive ketones (excluding diaryl/α,β-unsaturated/α-hetero) is 1. The molecule has 8 heteroatoms. The SMILES string of the molecule is CCNc1nc(SC)nc(N(CC)C(C)C(=O)c2cc(C(C)(C)C)c(O)c(C(C)(C)C)c2)n1. The van der Waals surface area contributed by atoms with Gasteiger partial charge in [0.2, 0.25) is 11.9 Å². The number of benzene rings is 1. The van der Waals surface area contributed by atoms with E-state index in [9.17, 15) is 9.90 Å². The molecule has 1 aromatic carbocycles. The molecule has 1 atom stereocenters. The number of nitrogens with one attached hydrogen (secondary N) is 1. The number of ketones is 1. The van der Waals surface area contributed by atoms with Crippen molar-refractivity contribution in [2.45, 2.75) is 84.3 Å². The molecule has 33 heavy (non-hydrogen) atoms. The molecule has 2 rings (SSSR count). The van der Waals surface area contributed by atoms with Crippen molar-refractivity contribution in [1.82, 2.24) is 15.0 Å². The smallest absolute Gasteiger partial charge is 0.231 e. The predicted octanol–water partition coefficient (Wildman–Crippen LogP) is 5.42. The fraction of sp³-hybridized carbons (Fsp3) is 0.600. The highest BCUT2D eigenvalue weighted by molar-refractivity contribution is 7.98. The zero-order valence-electron chi connectivity index (χ0n) is 21.7. The first kappa shape index (κ1) is 26.9. The van der Waals surface area contributed by atoms with E-state index in [1.807, 2.05) is 85.6 Å². The van der Waals surface area contributed by atoms with Crippen LogP contribution in [-0.4, -0.2) is 51.2 Å². The maximum atomic E-state index is 13.7. The summed E-state index contributed by atoms with van der Waals surface area (Å²) >= 11 is 1.44. The number of nitrogens with zero attached hydrogens (tertiary/aromatic N) is 4. The lowest BCUT2D eigenvalue weighted by Crippen LogP contribution is -2.40. The molecular weight excluding hydrogens is 434 g/mol. The molecule has 1 unspecified atom stereocenters. The quantitative estimate of drug-likeness (QED) is 0.388. The number of hydrogen-bond donors (Lipinski definition) is 2. The largest absolute Gasteiger partial charge is 0.507 e. The first-order valence-corrected chi connectivity index (χ1v) is 12.7. The highest BCUT2D eigenvalue weighted by atomic mass is 32.2. The third-order valence-corrected chi connectivity index (χ3v) is 6.12. The second-order valence-corrected chi connectivity index (χ2v) is 11.0. The van der Waals surface area contributed by atoms with Crippen molar-refractivity contribution in [3.05, 3.63) is 28.8 Å². The Morgan fingerprint density at radius 3 is 2.03 bits per heavy atom. The average Bonchev–Trinajstić information content (AvgIpc) is 2.72. The van der Waals surface area contributed by atoms with Crippen LogP contribution < -0.4 is 10.2 Å². The maximum Gasteiger partial charge on any atom is 0.231 e. The predicted molar refractivity (Wildman–Crippen MR) is 138 cm³/mol. The topological polar surface area (TPSA) is 91.2 Å². The van der Waals surface area contributed by atoms with Crippen molar-refractivity contribution in [3.8, 4) is 5.75 Å². The van der Waals surface area contributed by atoms with Crippen LogP contribution in [0.5, 0.6) is 5.75 Å². The van der Waals surface area contributed by atoms with Crippen molar-refractivity contribution in [2.75, 3.05) is 29.6 Å². The lowest BCUT2D eigenvalue weighted by Gasteiger charge is -2.30. The van der Waals surface area contributed by atoms with Gasteiger partial charge in [-0.3, -0.25) is 4.79 Å². The monoisotopic (exact) mass is 473 g/mol. The molecule has 0 saturated carbocycles. The summed E-state index contributed by atoms with van der Waals surface area (Å²) in [5, 5.41) is 14.8. The van der Waals surface area contributed by atoms with Crippen LogP contribution >= 0.6 is 11.8 Å². The molecule has 0 amide bonds. The van der Waals surface area contributed by atoms with Crippen LogP contribution in [0, 0.1) is 0 Å². The Morgan fingerprint density at radius 1 is 1.06 bits per heavy atom. The fourth-order valence-corrected chi connectivity index (χ4v) is 4.04. The summed E-state index contributed by atoms with van der Waals surface area (Å²) in [5.41, 5.74) is 1.51. The van der Waals surface area contributed by atoms with Gasteiger partial charge in [0.15, 0.2) is 10.9 Å². The number of hydrogen-bond acceptors (Lipinski definition) is 8. The summed E-state index contributed by atoms with van der Waals surface area (Å²) in [6.07, 6.45) is 1.91. The van der Waals surface area contributed by atoms with Crippen molar-refractivity contribution in [1.29, 1.82) is 0 Å². The standard InChI is InChI=1S/C25H39N5O2S/c1-11-26-21-27-22(29-23(28-21)33-10)30(12-2)15(3)19(31)16-13-17(24(4,5)6)20(32)18(14-16)25(7,8)9/h13-15,32H,11-12H2,1-10H3,(H,26,27,28,29). The van der Waals surface area contributed by atoms with Crippen LogP contribution in [0.25, 0.3) is 0 Å². The molecule has 0 radical (unpaired) electrons. The van der Waals surface area contributed by atoms with E-state index in [4.69, 9.17) is 0 Å². The van der Waals surface area contributed by atoms with Crippen LogP contribution in [0.1, 0.15) is 83.8 Å². The first-order valence-electron chi connectivity index (χ1n) is 11.5. The van der Waals surface area contributed by atoms with Crippen molar-refractivity contribution in [3.63, 3.8) is 0 Å². The van der Waals surface area contributed by atoms with Crippen LogP contribution in [0.15, 0.2) is 17.3 Å². The van der Waals surface area contributed by atoms with Gasteiger partial charge in [-0.2, -0.15) is 15.0 Å². The lowest BCUT2D eigenvalue weighted by atomic mass is 9.77. The van der Waals surface area contributed by atoms with Crippen LogP contribution in [0.2, 0.25) is 0 Å². The van der Waals surface area contributed by atoms with E-state index in [1.165, 1.54) is 11.8 Å². The number of rotatable bonds is 8. The van der Waals surface area contributed by atoms with Crippen molar-refractivity contribution in [2.24, 2.45) is 0 Å². The summed E-state index contributed by atoms with van der Waals surface area (Å²) in [6.45, 7) is 19.4. The van der Waals surface area contributed by atoms with Gasteiger partial charge in [-0.05, 0) is 50.0 Å². The summed E-state index contributed by atoms with van der Waals surface area (Å²) in [4.78, 5) is 29.1. The molecule has 7 nitrogen and oxygen atoms in total. The fourth-order valence-electron chi connectivity index (χ4n) is 3.69. The summed E-state index contributed by atoms with van der Waals surface area (Å²) in [7, 11) is 0. The van der Waals surface area contributed by atoms with Gasteiger partial charge in [-0.1, -0.05) is 53.3 Å². The number of phenols is 1. The number of aromatic hydroxyl groups is 1. The van der Waals surface area contributed by atoms with Gasteiger partial charge in [-0.25, -0.2) is 0 Å². The molecular formula is C25H39N5O2S. The van der Waals surface area contributed by atoms with E-state index in [0.717, 1.165) is 11.1 Å². The molecule has 2 N–H and O–H groups in total. The Morgan fingerprint density at radius 2 is 1.61 bits per heavy atom. The number of likely N-dealkylation sites (N-methyl/N-ethyl adjacent to an activating group) is 1. The Balaban J connectivity index is 2.57. The normalized spacial score (nSPS) is 13.0. The van der Waals surface area contributed by atoms with E-state index in [2.05, 4.69) is 20.3 Å². The summed E-state index contributed by atoms with van der Waals surface area (Å²) in [5.74, 6) is 1.20. The van der Waals surface area contributed by atoms with Crippen LogP contribution in [-0.2, 0) is 10.8 Å². The highest BCUT2D eigenvalue weighted by Crippen LogP contribution is 2.40. The zero-order valence-corrected chi connectivity index (χ0v) is 22.5. The highest BCUT2D eigenvalue weighted by Gasteiger charge is 2.31.